The first-order valence-corrected chi connectivity index (χ1v) is 8.03. The van der Waals surface area contributed by atoms with Crippen LogP contribution in [0, 0.1) is 23.0 Å². The highest BCUT2D eigenvalue weighted by Gasteiger charge is 2.17. The van der Waals surface area contributed by atoms with Crippen LogP contribution >= 0.6 is 0 Å². The summed E-state index contributed by atoms with van der Waals surface area (Å²) in [4.78, 5) is 16.3. The molecule has 7 heteroatoms. The van der Waals surface area contributed by atoms with Crippen LogP contribution in [0.5, 0.6) is 0 Å². The minimum atomic E-state index is -0.683. The molecule has 4 rings (SSSR count). The fourth-order valence-electron chi connectivity index (χ4n) is 3.04. The molecular weight excluding hydrogens is 350 g/mol. The fraction of sp³-hybridized carbons (Fsp3) is 0.0500. The zero-order valence-electron chi connectivity index (χ0n) is 14.1. The molecule has 2 heterocycles. The fourth-order valence-corrected chi connectivity index (χ4v) is 3.04. The van der Waals surface area contributed by atoms with Gasteiger partial charge in [0.15, 0.2) is 0 Å². The van der Waals surface area contributed by atoms with Gasteiger partial charge in [-0.3, -0.25) is 9.20 Å². The lowest BCUT2D eigenvalue weighted by atomic mass is 9.97. The van der Waals surface area contributed by atoms with E-state index in [1.54, 1.807) is 23.8 Å². The Kier molecular flexibility index (Phi) is 3.81. The predicted molar refractivity (Wildman–Crippen MR) is 95.9 cm³/mol. The predicted octanol–water partition coefficient (Wildman–Crippen LogP) is 3.52. The van der Waals surface area contributed by atoms with E-state index < -0.39 is 11.6 Å². The number of aromatic nitrogens is 3. The Balaban J connectivity index is 1.97. The summed E-state index contributed by atoms with van der Waals surface area (Å²) in [6, 6.07) is 10.1. The van der Waals surface area contributed by atoms with Crippen LogP contribution in [0.25, 0.3) is 28.0 Å². The van der Waals surface area contributed by atoms with Gasteiger partial charge in [-0.15, -0.1) is 0 Å². The second kappa shape index (κ2) is 6.18. The number of nitrogens with zero attached hydrogens (tertiary/aromatic N) is 4. The van der Waals surface area contributed by atoms with E-state index in [9.17, 15) is 18.8 Å². The average Bonchev–Trinajstić information content (AvgIpc) is 3.10. The van der Waals surface area contributed by atoms with Crippen LogP contribution in [0.1, 0.15) is 5.56 Å². The molecule has 0 fully saturated rings. The summed E-state index contributed by atoms with van der Waals surface area (Å²) in [6.45, 7) is 0. The first-order valence-electron chi connectivity index (χ1n) is 8.03. The summed E-state index contributed by atoms with van der Waals surface area (Å²) < 4.78 is 31.8. The number of imidazole rings is 1. The molecule has 0 unspecified atom stereocenters. The molecule has 0 radical (unpaired) electrons. The first-order chi connectivity index (χ1) is 13.0. The van der Waals surface area contributed by atoms with Crippen LogP contribution in [0.15, 0.2) is 59.8 Å². The normalized spacial score (nSPS) is 10.9. The van der Waals surface area contributed by atoms with Gasteiger partial charge in [0.25, 0.3) is 5.56 Å². The number of rotatable bonds is 2. The molecule has 0 saturated carbocycles. The zero-order chi connectivity index (χ0) is 19.1. The van der Waals surface area contributed by atoms with Gasteiger partial charge in [0.1, 0.15) is 11.6 Å². The van der Waals surface area contributed by atoms with Crippen molar-refractivity contribution in [1.82, 2.24) is 14.0 Å². The monoisotopic (exact) mass is 362 g/mol. The van der Waals surface area contributed by atoms with Gasteiger partial charge in [-0.2, -0.15) is 5.26 Å². The highest BCUT2D eigenvalue weighted by Crippen LogP contribution is 2.32. The summed E-state index contributed by atoms with van der Waals surface area (Å²) in [7, 11) is 1.62. The quantitative estimate of drug-likeness (QED) is 0.548. The van der Waals surface area contributed by atoms with Crippen LogP contribution < -0.4 is 5.56 Å². The standard InChI is InChI=1S/C20H12F2N4O/c1-25-7-8-26-17(11-24-19(26)20(25)27)12-5-6-15(21)14(9-12)18-13(10-23)3-2-4-16(18)22/h2-9,11H,1H3. The summed E-state index contributed by atoms with van der Waals surface area (Å²) in [5, 5.41) is 9.26. The Labute approximate surface area is 152 Å². The lowest BCUT2D eigenvalue weighted by molar-refractivity contribution is 0.616. The molecule has 5 nitrogen and oxygen atoms in total. The lowest BCUT2D eigenvalue weighted by Gasteiger charge is -2.10. The maximum Gasteiger partial charge on any atom is 0.293 e. The average molecular weight is 362 g/mol. The highest BCUT2D eigenvalue weighted by molar-refractivity contribution is 5.77. The molecule has 0 amide bonds. The molecule has 2 aromatic carbocycles. The van der Waals surface area contributed by atoms with Gasteiger partial charge < -0.3 is 4.57 Å². The molecule has 0 aliphatic heterocycles. The molecule has 132 valence electrons. The van der Waals surface area contributed by atoms with E-state index in [0.29, 0.717) is 11.3 Å². The van der Waals surface area contributed by atoms with Crippen molar-refractivity contribution in [2.24, 2.45) is 7.05 Å². The Hall–Kier alpha value is -3.79. The van der Waals surface area contributed by atoms with Crippen molar-refractivity contribution in [3.63, 3.8) is 0 Å². The number of hydrogen-bond donors (Lipinski definition) is 0. The topological polar surface area (TPSA) is 63.1 Å². The molecule has 0 spiro atoms. The van der Waals surface area contributed by atoms with Crippen LogP contribution in [0.3, 0.4) is 0 Å². The smallest absolute Gasteiger partial charge is 0.293 e. The van der Waals surface area contributed by atoms with E-state index >= 15 is 0 Å². The van der Waals surface area contributed by atoms with Crippen LogP contribution in [-0.2, 0) is 7.05 Å². The minimum Gasteiger partial charge on any atom is -0.314 e. The van der Waals surface area contributed by atoms with Gasteiger partial charge in [-0.25, -0.2) is 13.8 Å². The van der Waals surface area contributed by atoms with Gasteiger partial charge in [0.2, 0.25) is 5.65 Å². The molecular formula is C20H12F2N4O. The number of hydrogen-bond acceptors (Lipinski definition) is 3. The van der Waals surface area contributed by atoms with Crippen LogP contribution in [-0.4, -0.2) is 14.0 Å². The number of aryl methyl sites for hydroxylation is 1. The summed E-state index contributed by atoms with van der Waals surface area (Å²) in [6.07, 6.45) is 4.77. The van der Waals surface area contributed by atoms with Crippen molar-refractivity contribution < 1.29 is 8.78 Å². The van der Waals surface area contributed by atoms with Crippen molar-refractivity contribution in [3.05, 3.63) is 82.5 Å². The second-order valence-corrected chi connectivity index (χ2v) is 6.02. The van der Waals surface area contributed by atoms with Gasteiger partial charge in [0, 0.05) is 36.1 Å². The van der Waals surface area contributed by atoms with E-state index in [1.165, 1.54) is 47.2 Å². The van der Waals surface area contributed by atoms with E-state index in [2.05, 4.69) is 4.98 Å². The maximum atomic E-state index is 14.5. The van der Waals surface area contributed by atoms with Crippen molar-refractivity contribution in [2.45, 2.75) is 0 Å². The summed E-state index contributed by atoms with van der Waals surface area (Å²) in [5.41, 5.74) is 0.970. The molecule has 0 aliphatic carbocycles. The van der Waals surface area contributed by atoms with Gasteiger partial charge in [0.05, 0.1) is 23.5 Å². The third-order valence-corrected chi connectivity index (χ3v) is 4.41. The summed E-state index contributed by atoms with van der Waals surface area (Å²) >= 11 is 0. The number of benzene rings is 2. The summed E-state index contributed by atoms with van der Waals surface area (Å²) in [5.74, 6) is -1.33. The van der Waals surface area contributed by atoms with Crippen molar-refractivity contribution in [2.75, 3.05) is 0 Å². The molecule has 0 bridgehead atoms. The minimum absolute atomic E-state index is 0.0269. The van der Waals surface area contributed by atoms with E-state index in [0.717, 1.165) is 0 Å². The largest absolute Gasteiger partial charge is 0.314 e. The maximum absolute atomic E-state index is 14.5. The van der Waals surface area contributed by atoms with Crippen molar-refractivity contribution in [1.29, 1.82) is 5.26 Å². The van der Waals surface area contributed by atoms with Gasteiger partial charge >= 0.3 is 0 Å². The molecule has 0 aliphatic rings. The Morgan fingerprint density at radius 1 is 1.11 bits per heavy atom. The molecule has 0 N–H and O–H groups in total. The lowest BCUT2D eigenvalue weighted by Crippen LogP contribution is -2.18. The number of fused-ring (bicyclic) bond motifs is 1. The Morgan fingerprint density at radius 3 is 2.70 bits per heavy atom. The Bertz CT molecular complexity index is 1300. The molecule has 2 aromatic heterocycles. The van der Waals surface area contributed by atoms with Gasteiger partial charge in [-0.05, 0) is 30.3 Å². The SMILES string of the molecule is Cn1ccn2c(-c3ccc(F)c(-c4c(F)cccc4C#N)c3)cnc2c1=O. The third-order valence-electron chi connectivity index (χ3n) is 4.41. The highest BCUT2D eigenvalue weighted by atomic mass is 19.1. The number of nitriles is 1. The number of halogens is 2. The van der Waals surface area contributed by atoms with E-state index in [-0.39, 0.29) is 27.9 Å². The van der Waals surface area contributed by atoms with Crippen LogP contribution in [0.4, 0.5) is 8.78 Å². The van der Waals surface area contributed by atoms with E-state index in [1.807, 2.05) is 6.07 Å². The zero-order valence-corrected chi connectivity index (χ0v) is 14.1. The van der Waals surface area contributed by atoms with Crippen molar-refractivity contribution in [3.8, 4) is 28.5 Å². The first kappa shape index (κ1) is 16.7. The van der Waals surface area contributed by atoms with Gasteiger partial charge in [-0.1, -0.05) is 6.07 Å². The molecule has 0 saturated heterocycles. The van der Waals surface area contributed by atoms with Crippen LogP contribution in [0.2, 0.25) is 0 Å². The molecule has 4 aromatic rings. The Morgan fingerprint density at radius 2 is 1.93 bits per heavy atom. The van der Waals surface area contributed by atoms with Crippen molar-refractivity contribution >= 4 is 5.65 Å². The third kappa shape index (κ3) is 2.59. The second-order valence-electron chi connectivity index (χ2n) is 6.02. The van der Waals surface area contributed by atoms with E-state index in [4.69, 9.17) is 0 Å². The molecule has 0 atom stereocenters. The molecule has 27 heavy (non-hydrogen) atoms.